The Morgan fingerprint density at radius 1 is 1.50 bits per heavy atom. The van der Waals surface area contributed by atoms with Crippen LogP contribution in [0.4, 0.5) is 5.82 Å². The third kappa shape index (κ3) is 2.96. The Balaban J connectivity index is 2.19. The fourth-order valence-electron chi connectivity index (χ4n) is 1.83. The van der Waals surface area contributed by atoms with E-state index in [1.165, 1.54) is 12.3 Å². The molecule has 1 aliphatic rings. The van der Waals surface area contributed by atoms with E-state index in [1.54, 1.807) is 6.07 Å². The highest BCUT2D eigenvalue weighted by Crippen LogP contribution is 2.18. The minimum atomic E-state index is -3.64. The van der Waals surface area contributed by atoms with Gasteiger partial charge in [-0.05, 0) is 25.0 Å². The molecule has 7 nitrogen and oxygen atoms in total. The van der Waals surface area contributed by atoms with E-state index < -0.39 is 10.0 Å². The van der Waals surface area contributed by atoms with Gasteiger partial charge >= 0.3 is 0 Å². The van der Waals surface area contributed by atoms with E-state index in [-0.39, 0.29) is 16.8 Å². The Hall–Kier alpha value is -1.22. The van der Waals surface area contributed by atoms with E-state index >= 15 is 0 Å². The summed E-state index contributed by atoms with van der Waals surface area (Å²) in [6, 6.07) is 2.80. The van der Waals surface area contributed by atoms with Crippen LogP contribution in [-0.4, -0.2) is 32.7 Å². The molecule has 1 fully saturated rings. The van der Waals surface area contributed by atoms with Crippen LogP contribution in [-0.2, 0) is 14.8 Å². The smallest absolute Gasteiger partial charge is 0.244 e. The molecule has 100 valence electrons. The van der Waals surface area contributed by atoms with Crippen LogP contribution >= 0.6 is 0 Å². The highest BCUT2D eigenvalue weighted by atomic mass is 32.2. The fraction of sp³-hybridized carbons (Fsp3) is 0.500. The molecule has 1 aliphatic heterocycles. The highest BCUT2D eigenvalue weighted by molar-refractivity contribution is 7.89. The molecule has 0 saturated carbocycles. The molecule has 0 spiro atoms. The van der Waals surface area contributed by atoms with Crippen molar-refractivity contribution in [3.8, 4) is 0 Å². The molecule has 0 aliphatic carbocycles. The van der Waals surface area contributed by atoms with Crippen LogP contribution in [0, 0.1) is 0 Å². The number of anilines is 1. The predicted octanol–water partition coefficient (Wildman–Crippen LogP) is -0.176. The van der Waals surface area contributed by atoms with Gasteiger partial charge < -0.3 is 10.2 Å². The van der Waals surface area contributed by atoms with Crippen LogP contribution in [0.5, 0.6) is 0 Å². The minimum Gasteiger partial charge on any atom is -0.380 e. The first-order valence-electron chi connectivity index (χ1n) is 5.65. The van der Waals surface area contributed by atoms with Crippen LogP contribution in [0.25, 0.3) is 0 Å². The zero-order chi connectivity index (χ0) is 13.0. The van der Waals surface area contributed by atoms with E-state index in [2.05, 4.69) is 15.1 Å². The van der Waals surface area contributed by atoms with Crippen LogP contribution < -0.4 is 16.0 Å². The number of rotatable bonds is 4. The van der Waals surface area contributed by atoms with Crippen molar-refractivity contribution >= 4 is 15.8 Å². The van der Waals surface area contributed by atoms with Gasteiger partial charge in [0.25, 0.3) is 0 Å². The molecule has 4 N–H and O–H groups in total. The monoisotopic (exact) mass is 272 g/mol. The second kappa shape index (κ2) is 5.61. The molecule has 0 bridgehead atoms. The van der Waals surface area contributed by atoms with Crippen LogP contribution in [0.1, 0.15) is 12.8 Å². The Bertz CT molecular complexity index is 500. The molecule has 2 heterocycles. The topological polar surface area (TPSA) is 106 Å². The fourth-order valence-corrected chi connectivity index (χ4v) is 3.21. The molecule has 8 heteroatoms. The Kier molecular flexibility index (Phi) is 4.12. The summed E-state index contributed by atoms with van der Waals surface area (Å²) in [7, 11) is -3.64. The number of hydrazine groups is 1. The SMILES string of the molecule is NNc1ncccc1S(=O)(=O)NC1CCCOC1. The van der Waals surface area contributed by atoms with Crippen molar-refractivity contribution in [2.45, 2.75) is 23.8 Å². The zero-order valence-electron chi connectivity index (χ0n) is 9.80. The van der Waals surface area contributed by atoms with Crippen molar-refractivity contribution in [2.24, 2.45) is 5.84 Å². The lowest BCUT2D eigenvalue weighted by Gasteiger charge is -2.23. The maximum absolute atomic E-state index is 12.2. The van der Waals surface area contributed by atoms with E-state index in [4.69, 9.17) is 10.6 Å². The zero-order valence-corrected chi connectivity index (χ0v) is 10.6. The summed E-state index contributed by atoms with van der Waals surface area (Å²) in [5.41, 5.74) is 2.28. The summed E-state index contributed by atoms with van der Waals surface area (Å²) in [6.07, 6.45) is 3.09. The van der Waals surface area contributed by atoms with Gasteiger partial charge in [-0.25, -0.2) is 24.0 Å². The molecule has 1 saturated heterocycles. The normalized spacial score (nSPS) is 20.6. The third-order valence-corrected chi connectivity index (χ3v) is 4.23. The van der Waals surface area contributed by atoms with Gasteiger partial charge in [0.2, 0.25) is 10.0 Å². The number of hydrogen-bond donors (Lipinski definition) is 3. The number of nitrogens with zero attached hydrogens (tertiary/aromatic N) is 1. The first-order valence-corrected chi connectivity index (χ1v) is 7.13. The van der Waals surface area contributed by atoms with Crippen molar-refractivity contribution in [1.29, 1.82) is 0 Å². The summed E-state index contributed by atoms with van der Waals surface area (Å²) in [4.78, 5) is 3.91. The standard InChI is InChI=1S/C10H16N4O3S/c11-13-10-9(4-1-5-12-10)18(15,16)14-8-3-2-6-17-7-8/h1,4-5,8,14H,2-3,6-7,11H2,(H,12,13). The van der Waals surface area contributed by atoms with Crippen LogP contribution in [0.15, 0.2) is 23.2 Å². The number of nitrogens with one attached hydrogen (secondary N) is 2. The second-order valence-corrected chi connectivity index (χ2v) is 5.71. The van der Waals surface area contributed by atoms with Crippen molar-refractivity contribution in [1.82, 2.24) is 9.71 Å². The van der Waals surface area contributed by atoms with Gasteiger partial charge in [0.1, 0.15) is 4.90 Å². The average Bonchev–Trinajstić information content (AvgIpc) is 2.39. The van der Waals surface area contributed by atoms with Gasteiger partial charge in [-0.3, -0.25) is 0 Å². The summed E-state index contributed by atoms with van der Waals surface area (Å²) in [6.45, 7) is 1.08. The Morgan fingerprint density at radius 3 is 3.00 bits per heavy atom. The molecular formula is C10H16N4O3S. The summed E-state index contributed by atoms with van der Waals surface area (Å²) in [5, 5.41) is 0. The first-order chi connectivity index (χ1) is 8.63. The second-order valence-electron chi connectivity index (χ2n) is 4.03. The molecule has 1 aromatic rings. The molecule has 0 radical (unpaired) electrons. The van der Waals surface area contributed by atoms with Gasteiger partial charge in [0.15, 0.2) is 5.82 Å². The molecular weight excluding hydrogens is 256 g/mol. The quantitative estimate of drug-likeness (QED) is 0.519. The predicted molar refractivity (Wildman–Crippen MR) is 66.2 cm³/mol. The van der Waals surface area contributed by atoms with Gasteiger partial charge in [-0.2, -0.15) is 0 Å². The Morgan fingerprint density at radius 2 is 2.33 bits per heavy atom. The van der Waals surface area contributed by atoms with Gasteiger partial charge in [0, 0.05) is 18.8 Å². The summed E-state index contributed by atoms with van der Waals surface area (Å²) >= 11 is 0. The first kappa shape index (κ1) is 13.2. The Labute approximate surface area is 106 Å². The van der Waals surface area contributed by atoms with Crippen molar-refractivity contribution in [2.75, 3.05) is 18.6 Å². The summed E-state index contributed by atoms with van der Waals surface area (Å²) < 4.78 is 32.2. The van der Waals surface area contributed by atoms with E-state index in [0.29, 0.717) is 13.2 Å². The lowest BCUT2D eigenvalue weighted by atomic mass is 10.1. The molecule has 1 aromatic heterocycles. The van der Waals surface area contributed by atoms with E-state index in [9.17, 15) is 8.42 Å². The summed E-state index contributed by atoms with van der Waals surface area (Å²) in [5.74, 6) is 5.38. The molecule has 0 amide bonds. The number of nitrogen functional groups attached to an aromatic ring is 1. The minimum absolute atomic E-state index is 0.0399. The molecule has 0 aromatic carbocycles. The van der Waals surface area contributed by atoms with Crippen LogP contribution in [0.2, 0.25) is 0 Å². The maximum Gasteiger partial charge on any atom is 0.244 e. The number of aromatic nitrogens is 1. The van der Waals surface area contributed by atoms with Gasteiger partial charge in [-0.15, -0.1) is 0 Å². The van der Waals surface area contributed by atoms with Crippen molar-refractivity contribution < 1.29 is 13.2 Å². The highest BCUT2D eigenvalue weighted by Gasteiger charge is 2.24. The van der Waals surface area contributed by atoms with Crippen molar-refractivity contribution in [3.63, 3.8) is 0 Å². The number of pyridine rings is 1. The maximum atomic E-state index is 12.2. The third-order valence-electron chi connectivity index (χ3n) is 2.68. The molecule has 18 heavy (non-hydrogen) atoms. The van der Waals surface area contributed by atoms with E-state index in [1.807, 2.05) is 0 Å². The van der Waals surface area contributed by atoms with Gasteiger partial charge in [0.05, 0.1) is 6.61 Å². The largest absolute Gasteiger partial charge is 0.380 e. The van der Waals surface area contributed by atoms with Crippen LogP contribution in [0.3, 0.4) is 0 Å². The number of ether oxygens (including phenoxy) is 1. The number of nitrogens with two attached hydrogens (primary N) is 1. The average molecular weight is 272 g/mol. The van der Waals surface area contributed by atoms with Crippen molar-refractivity contribution in [3.05, 3.63) is 18.3 Å². The molecule has 1 unspecified atom stereocenters. The van der Waals surface area contributed by atoms with Gasteiger partial charge in [-0.1, -0.05) is 0 Å². The lowest BCUT2D eigenvalue weighted by Crippen LogP contribution is -2.40. The number of hydrogen-bond acceptors (Lipinski definition) is 6. The molecule has 1 atom stereocenters. The lowest BCUT2D eigenvalue weighted by molar-refractivity contribution is 0.0774. The molecule has 2 rings (SSSR count). The van der Waals surface area contributed by atoms with E-state index in [0.717, 1.165) is 12.8 Å². The number of sulfonamides is 1.